The van der Waals surface area contributed by atoms with Crippen LogP contribution in [0.4, 0.5) is 0 Å². The van der Waals surface area contributed by atoms with E-state index in [1.54, 1.807) is 14.2 Å². The van der Waals surface area contributed by atoms with Gasteiger partial charge in [-0.05, 0) is 49.4 Å². The van der Waals surface area contributed by atoms with Crippen LogP contribution in [0.3, 0.4) is 0 Å². The van der Waals surface area contributed by atoms with E-state index < -0.39 is 0 Å². The molecule has 7 nitrogen and oxygen atoms in total. The molecule has 2 amide bonds. The van der Waals surface area contributed by atoms with Gasteiger partial charge in [-0.3, -0.25) is 14.5 Å². The van der Waals surface area contributed by atoms with Crippen molar-refractivity contribution >= 4 is 11.8 Å². The van der Waals surface area contributed by atoms with Gasteiger partial charge in [-0.2, -0.15) is 0 Å². The van der Waals surface area contributed by atoms with E-state index >= 15 is 0 Å². The zero-order valence-electron chi connectivity index (χ0n) is 18.3. The first kappa shape index (κ1) is 22.6. The highest BCUT2D eigenvalue weighted by molar-refractivity contribution is 5.94. The van der Waals surface area contributed by atoms with Gasteiger partial charge in [0.1, 0.15) is 5.75 Å². The van der Waals surface area contributed by atoms with E-state index in [2.05, 4.69) is 10.2 Å². The lowest BCUT2D eigenvalue weighted by molar-refractivity contribution is -0.129. The number of ether oxygens (including phenoxy) is 2. The molecule has 2 fully saturated rings. The minimum atomic E-state index is -0.0896. The summed E-state index contributed by atoms with van der Waals surface area (Å²) in [5.41, 5.74) is 0.674. The van der Waals surface area contributed by atoms with Crippen LogP contribution in [0.5, 0.6) is 5.75 Å². The maximum absolute atomic E-state index is 13.0. The largest absolute Gasteiger partial charge is 0.497 e. The number of piperazine rings is 1. The molecule has 1 N–H and O–H groups in total. The predicted molar refractivity (Wildman–Crippen MR) is 116 cm³/mol. The number of hydrogen-bond acceptors (Lipinski definition) is 5. The lowest BCUT2D eigenvalue weighted by Gasteiger charge is -2.40. The second-order valence-corrected chi connectivity index (χ2v) is 8.18. The molecule has 0 aromatic heterocycles. The molecule has 1 heterocycles. The summed E-state index contributed by atoms with van der Waals surface area (Å²) in [6, 6.07) is 7.15. The number of hydrogen-bond donors (Lipinski definition) is 1. The first-order chi connectivity index (χ1) is 14.6. The van der Waals surface area contributed by atoms with Gasteiger partial charge in [0, 0.05) is 52.0 Å². The molecule has 1 atom stereocenters. The summed E-state index contributed by atoms with van der Waals surface area (Å²) >= 11 is 0. The Bertz CT molecular complexity index is 680. The highest BCUT2D eigenvalue weighted by atomic mass is 16.5. The smallest absolute Gasteiger partial charge is 0.253 e. The Morgan fingerprint density at radius 2 is 1.73 bits per heavy atom. The number of rotatable bonds is 9. The van der Waals surface area contributed by atoms with Crippen molar-refractivity contribution in [3.05, 3.63) is 29.8 Å². The Morgan fingerprint density at radius 1 is 1.07 bits per heavy atom. The van der Waals surface area contributed by atoms with Crippen LogP contribution in [0.15, 0.2) is 24.3 Å². The molecule has 1 aromatic carbocycles. The molecule has 1 unspecified atom stereocenters. The molecule has 30 heavy (non-hydrogen) atoms. The molecular weight excluding hydrogens is 382 g/mol. The van der Waals surface area contributed by atoms with Gasteiger partial charge in [0.15, 0.2) is 0 Å². The first-order valence-electron chi connectivity index (χ1n) is 11.1. The molecule has 0 bridgehead atoms. The number of nitrogens with zero attached hydrogens (tertiary/aromatic N) is 2. The quantitative estimate of drug-likeness (QED) is 0.624. The van der Waals surface area contributed by atoms with Gasteiger partial charge in [-0.15, -0.1) is 0 Å². The van der Waals surface area contributed by atoms with Crippen molar-refractivity contribution in [2.24, 2.45) is 5.92 Å². The Kier molecular flexibility index (Phi) is 8.51. The summed E-state index contributed by atoms with van der Waals surface area (Å²) < 4.78 is 10.2. The molecule has 1 saturated carbocycles. The van der Waals surface area contributed by atoms with E-state index in [1.165, 1.54) is 12.8 Å². The minimum Gasteiger partial charge on any atom is -0.497 e. The molecule has 1 aliphatic carbocycles. The van der Waals surface area contributed by atoms with Gasteiger partial charge in [0.05, 0.1) is 13.2 Å². The Hall–Kier alpha value is -2.12. The molecule has 0 spiro atoms. The highest BCUT2D eigenvalue weighted by Gasteiger charge is 2.37. The van der Waals surface area contributed by atoms with E-state index in [0.717, 1.165) is 38.1 Å². The third-order valence-electron chi connectivity index (χ3n) is 6.27. The normalized spacial score (nSPS) is 18.9. The summed E-state index contributed by atoms with van der Waals surface area (Å²) in [6.07, 6.45) is 5.45. The lowest BCUT2D eigenvalue weighted by Crippen LogP contribution is -2.58. The van der Waals surface area contributed by atoms with Crippen LogP contribution in [-0.2, 0) is 9.53 Å². The molecule has 7 heteroatoms. The Balaban J connectivity index is 1.57. The van der Waals surface area contributed by atoms with Crippen molar-refractivity contribution < 1.29 is 19.1 Å². The van der Waals surface area contributed by atoms with E-state index in [1.807, 2.05) is 29.2 Å². The highest BCUT2D eigenvalue weighted by Crippen LogP contribution is 2.31. The average Bonchev–Trinajstić information content (AvgIpc) is 3.31. The molecule has 1 aromatic rings. The zero-order chi connectivity index (χ0) is 21.3. The third kappa shape index (κ3) is 5.73. The standard InChI is InChI=1S/C23H35N3O4/c1-29-17-5-12-24-22(27)21(18-6-3-4-7-18)25-13-15-26(16-14-25)23(28)19-8-10-20(30-2)11-9-19/h8-11,18,21H,3-7,12-17H2,1-2H3,(H,24,27). The van der Waals surface area contributed by atoms with Crippen LogP contribution < -0.4 is 10.1 Å². The second kappa shape index (κ2) is 11.3. The second-order valence-electron chi connectivity index (χ2n) is 8.18. The molecule has 3 rings (SSSR count). The van der Waals surface area contributed by atoms with E-state index in [0.29, 0.717) is 37.7 Å². The summed E-state index contributed by atoms with van der Waals surface area (Å²) in [7, 11) is 3.29. The maximum atomic E-state index is 13.0. The van der Waals surface area contributed by atoms with Gasteiger partial charge in [0.25, 0.3) is 5.91 Å². The fourth-order valence-electron chi connectivity index (χ4n) is 4.60. The van der Waals surface area contributed by atoms with E-state index in [9.17, 15) is 9.59 Å². The Morgan fingerprint density at radius 3 is 2.33 bits per heavy atom. The van der Waals surface area contributed by atoms with Crippen molar-refractivity contribution in [1.29, 1.82) is 0 Å². The monoisotopic (exact) mass is 417 g/mol. The lowest BCUT2D eigenvalue weighted by atomic mass is 9.95. The van der Waals surface area contributed by atoms with Crippen LogP contribution in [-0.4, -0.2) is 81.2 Å². The number of carbonyl (C=O) groups excluding carboxylic acids is 2. The first-order valence-corrected chi connectivity index (χ1v) is 11.1. The van der Waals surface area contributed by atoms with Crippen LogP contribution in [0, 0.1) is 5.92 Å². The molecule has 1 saturated heterocycles. The van der Waals surface area contributed by atoms with Gasteiger partial charge < -0.3 is 19.7 Å². The number of carbonyl (C=O) groups is 2. The number of methoxy groups -OCH3 is 2. The average molecular weight is 418 g/mol. The van der Waals surface area contributed by atoms with Crippen LogP contribution in [0.1, 0.15) is 42.5 Å². The molecule has 1 aliphatic heterocycles. The van der Waals surface area contributed by atoms with Crippen molar-refractivity contribution in [2.45, 2.75) is 38.1 Å². The number of amides is 2. The zero-order valence-corrected chi connectivity index (χ0v) is 18.3. The summed E-state index contributed by atoms with van der Waals surface area (Å²) in [4.78, 5) is 30.0. The summed E-state index contributed by atoms with van der Waals surface area (Å²) in [6.45, 7) is 4.05. The van der Waals surface area contributed by atoms with E-state index in [-0.39, 0.29) is 17.9 Å². The van der Waals surface area contributed by atoms with Gasteiger partial charge in [0.2, 0.25) is 5.91 Å². The van der Waals surface area contributed by atoms with Crippen LogP contribution >= 0.6 is 0 Å². The summed E-state index contributed by atoms with van der Waals surface area (Å²) in [5, 5.41) is 3.11. The van der Waals surface area contributed by atoms with Crippen LogP contribution in [0.2, 0.25) is 0 Å². The topological polar surface area (TPSA) is 71.1 Å². The van der Waals surface area contributed by atoms with Crippen LogP contribution in [0.25, 0.3) is 0 Å². The molecule has 166 valence electrons. The molecule has 0 radical (unpaired) electrons. The third-order valence-corrected chi connectivity index (χ3v) is 6.27. The molecular formula is C23H35N3O4. The molecule has 2 aliphatic rings. The number of benzene rings is 1. The van der Waals surface area contributed by atoms with Crippen molar-refractivity contribution in [3.63, 3.8) is 0 Å². The fourth-order valence-corrected chi connectivity index (χ4v) is 4.60. The Labute approximate surface area is 179 Å². The summed E-state index contributed by atoms with van der Waals surface area (Å²) in [5.74, 6) is 1.33. The minimum absolute atomic E-state index is 0.0405. The number of nitrogens with one attached hydrogen (secondary N) is 1. The van der Waals surface area contributed by atoms with Gasteiger partial charge in [-0.25, -0.2) is 0 Å². The van der Waals surface area contributed by atoms with Crippen molar-refractivity contribution in [3.8, 4) is 5.75 Å². The van der Waals surface area contributed by atoms with Gasteiger partial charge in [-0.1, -0.05) is 12.8 Å². The SMILES string of the molecule is COCCCNC(=O)C(C1CCCC1)N1CCN(C(=O)c2ccc(OC)cc2)CC1. The predicted octanol–water partition coefficient (Wildman–Crippen LogP) is 2.16. The van der Waals surface area contributed by atoms with Crippen molar-refractivity contribution in [2.75, 3.05) is 53.6 Å². The van der Waals surface area contributed by atoms with Crippen molar-refractivity contribution in [1.82, 2.24) is 15.1 Å². The fraction of sp³-hybridized carbons (Fsp3) is 0.652. The maximum Gasteiger partial charge on any atom is 0.253 e. The van der Waals surface area contributed by atoms with E-state index in [4.69, 9.17) is 9.47 Å². The van der Waals surface area contributed by atoms with Gasteiger partial charge >= 0.3 is 0 Å².